The molecular weight excluding hydrogens is 365 g/mol. The van der Waals surface area contributed by atoms with E-state index in [4.69, 9.17) is 5.26 Å². The molecule has 1 atom stereocenters. The summed E-state index contributed by atoms with van der Waals surface area (Å²) in [5.41, 5.74) is 3.22. The Bertz CT molecular complexity index is 1040. The van der Waals surface area contributed by atoms with Crippen LogP contribution < -0.4 is 5.32 Å². The molecule has 3 heterocycles. The first-order valence-electron chi connectivity index (χ1n) is 8.44. The number of fused-ring (bicyclic) bond motifs is 1. The number of aromatic amines is 1. The maximum atomic E-state index is 13.5. The lowest BCUT2D eigenvalue weighted by atomic mass is 9.99. The summed E-state index contributed by atoms with van der Waals surface area (Å²) in [6, 6.07) is 9.40. The Kier molecular flexibility index (Phi) is 4.38. The van der Waals surface area contributed by atoms with Gasteiger partial charge in [0.15, 0.2) is 0 Å². The van der Waals surface area contributed by atoms with Crippen molar-refractivity contribution in [3.63, 3.8) is 0 Å². The van der Waals surface area contributed by atoms with E-state index in [1.54, 1.807) is 22.3 Å². The highest BCUT2D eigenvalue weighted by molar-refractivity contribution is 7.13. The van der Waals surface area contributed by atoms with Crippen LogP contribution in [0.2, 0.25) is 0 Å². The highest BCUT2D eigenvalue weighted by Crippen LogP contribution is 2.33. The molecule has 136 valence electrons. The van der Waals surface area contributed by atoms with E-state index in [1.165, 1.54) is 18.2 Å². The minimum atomic E-state index is -0.606. The van der Waals surface area contributed by atoms with Crippen LogP contribution in [0.25, 0.3) is 10.6 Å². The van der Waals surface area contributed by atoms with Crippen molar-refractivity contribution < 1.29 is 9.18 Å². The third-order valence-corrected chi connectivity index (χ3v) is 5.54. The highest BCUT2D eigenvalue weighted by atomic mass is 32.1. The number of carbonyl (C=O) groups is 1. The Morgan fingerprint density at radius 2 is 2.33 bits per heavy atom. The second-order valence-corrected chi connectivity index (χ2v) is 7.37. The van der Waals surface area contributed by atoms with Crippen LogP contribution in [0.15, 0.2) is 35.7 Å². The third kappa shape index (κ3) is 3.17. The molecule has 2 aromatic heterocycles. The van der Waals surface area contributed by atoms with Crippen molar-refractivity contribution in [3.8, 4) is 16.6 Å². The quantitative estimate of drug-likeness (QED) is 0.700. The van der Waals surface area contributed by atoms with Gasteiger partial charge in [0.25, 0.3) is 0 Å². The molecule has 2 N–H and O–H groups in total. The van der Waals surface area contributed by atoms with Crippen LogP contribution in [0.3, 0.4) is 0 Å². The first-order chi connectivity index (χ1) is 13.1. The summed E-state index contributed by atoms with van der Waals surface area (Å²) in [7, 11) is 0. The van der Waals surface area contributed by atoms with Gasteiger partial charge in [-0.2, -0.15) is 10.4 Å². The summed E-state index contributed by atoms with van der Waals surface area (Å²) in [5.74, 6) is -0.606. The molecule has 1 unspecified atom stereocenters. The number of rotatable bonds is 2. The molecule has 0 bridgehead atoms. The van der Waals surface area contributed by atoms with Gasteiger partial charge in [-0.15, -0.1) is 11.3 Å². The molecule has 0 saturated heterocycles. The summed E-state index contributed by atoms with van der Waals surface area (Å²) in [4.78, 5) is 15.6. The minimum absolute atomic E-state index is 0.0231. The molecule has 2 amide bonds. The molecule has 1 aromatic carbocycles. The van der Waals surface area contributed by atoms with Crippen molar-refractivity contribution in [2.24, 2.45) is 0 Å². The van der Waals surface area contributed by atoms with Crippen LogP contribution in [0.4, 0.5) is 14.9 Å². The average molecular weight is 381 g/mol. The maximum absolute atomic E-state index is 13.5. The predicted octanol–water partition coefficient (Wildman–Crippen LogP) is 4.13. The number of H-pyrrole nitrogens is 1. The van der Waals surface area contributed by atoms with Crippen molar-refractivity contribution in [2.45, 2.75) is 25.9 Å². The predicted molar refractivity (Wildman–Crippen MR) is 101 cm³/mol. The number of benzene rings is 1. The molecule has 27 heavy (non-hydrogen) atoms. The van der Waals surface area contributed by atoms with Gasteiger partial charge in [-0.05, 0) is 36.6 Å². The Morgan fingerprint density at radius 3 is 3.07 bits per heavy atom. The van der Waals surface area contributed by atoms with E-state index in [1.807, 2.05) is 24.4 Å². The lowest BCUT2D eigenvalue weighted by Crippen LogP contribution is -2.44. The molecule has 4 rings (SSSR count). The van der Waals surface area contributed by atoms with Gasteiger partial charge in [0, 0.05) is 29.4 Å². The van der Waals surface area contributed by atoms with Crippen LogP contribution in [0, 0.1) is 17.1 Å². The third-order valence-electron chi connectivity index (χ3n) is 4.67. The van der Waals surface area contributed by atoms with Gasteiger partial charge in [0.05, 0.1) is 17.0 Å². The van der Waals surface area contributed by atoms with Gasteiger partial charge in [-0.25, -0.2) is 9.18 Å². The fourth-order valence-corrected chi connectivity index (χ4v) is 3.99. The number of nitrogens with one attached hydrogen (secondary N) is 2. The zero-order valence-corrected chi connectivity index (χ0v) is 15.3. The second kappa shape index (κ2) is 6.85. The molecule has 0 saturated carbocycles. The van der Waals surface area contributed by atoms with Crippen molar-refractivity contribution in [3.05, 3.63) is 58.3 Å². The summed E-state index contributed by atoms with van der Waals surface area (Å²) >= 11 is 1.60. The summed E-state index contributed by atoms with van der Waals surface area (Å²) < 4.78 is 13.5. The molecule has 1 aliphatic rings. The first-order valence-corrected chi connectivity index (χ1v) is 9.32. The van der Waals surface area contributed by atoms with Crippen molar-refractivity contribution >= 4 is 23.1 Å². The number of thiophene rings is 1. The summed E-state index contributed by atoms with van der Waals surface area (Å²) in [6.45, 7) is 2.40. The number of nitriles is 1. The molecule has 0 fully saturated rings. The SMILES string of the molecule is CC1Cc2[nH]nc(-c3cccs3)c2CN1C(=O)Nc1ccc(F)c(C#N)c1. The minimum Gasteiger partial charge on any atom is -0.317 e. The molecular formula is C19H16FN5OS. The van der Waals surface area contributed by atoms with Crippen molar-refractivity contribution in [1.29, 1.82) is 5.26 Å². The Balaban J connectivity index is 1.57. The van der Waals surface area contributed by atoms with E-state index in [9.17, 15) is 9.18 Å². The first kappa shape index (κ1) is 17.2. The number of amides is 2. The van der Waals surface area contributed by atoms with Gasteiger partial charge >= 0.3 is 6.03 Å². The number of nitrogens with zero attached hydrogens (tertiary/aromatic N) is 3. The molecule has 0 radical (unpaired) electrons. The zero-order valence-electron chi connectivity index (χ0n) is 14.5. The maximum Gasteiger partial charge on any atom is 0.322 e. The average Bonchev–Trinajstić information content (AvgIpc) is 3.31. The normalized spacial score (nSPS) is 15.9. The number of hydrogen-bond donors (Lipinski definition) is 2. The Morgan fingerprint density at radius 1 is 1.48 bits per heavy atom. The van der Waals surface area contributed by atoms with Crippen LogP contribution in [-0.4, -0.2) is 27.2 Å². The summed E-state index contributed by atoms with van der Waals surface area (Å²) in [6.07, 6.45) is 0.675. The fraction of sp³-hybridized carbons (Fsp3) is 0.211. The van der Waals surface area contributed by atoms with Gasteiger partial charge in [-0.1, -0.05) is 6.07 Å². The number of aromatic nitrogens is 2. The van der Waals surface area contributed by atoms with E-state index in [0.29, 0.717) is 18.7 Å². The van der Waals surface area contributed by atoms with Crippen LogP contribution in [0.5, 0.6) is 0 Å². The van der Waals surface area contributed by atoms with Gasteiger partial charge in [0.1, 0.15) is 17.6 Å². The summed E-state index contributed by atoms with van der Waals surface area (Å²) in [5, 5.41) is 21.2. The largest absolute Gasteiger partial charge is 0.322 e. The van der Waals surface area contributed by atoms with E-state index < -0.39 is 5.82 Å². The standard InChI is InChI=1S/C19H16FN5OS/c1-11-7-16-14(18(24-23-16)17-3-2-6-27-17)10-25(11)19(26)22-13-4-5-15(20)12(8-13)9-21/h2-6,8,11H,7,10H2,1H3,(H,22,26)(H,23,24). The lowest BCUT2D eigenvalue weighted by molar-refractivity contribution is 0.182. The highest BCUT2D eigenvalue weighted by Gasteiger charge is 2.31. The monoisotopic (exact) mass is 381 g/mol. The van der Waals surface area contributed by atoms with Crippen LogP contribution >= 0.6 is 11.3 Å². The zero-order chi connectivity index (χ0) is 19.0. The Hall–Kier alpha value is -3.18. The number of anilines is 1. The van der Waals surface area contributed by atoms with Crippen molar-refractivity contribution in [1.82, 2.24) is 15.1 Å². The number of urea groups is 1. The molecule has 6 nitrogen and oxygen atoms in total. The van der Waals surface area contributed by atoms with Gasteiger partial charge in [-0.3, -0.25) is 5.10 Å². The topological polar surface area (TPSA) is 84.8 Å². The molecule has 0 spiro atoms. The van der Waals surface area contributed by atoms with Gasteiger partial charge in [0.2, 0.25) is 0 Å². The van der Waals surface area contributed by atoms with E-state index >= 15 is 0 Å². The smallest absolute Gasteiger partial charge is 0.317 e. The van der Waals surface area contributed by atoms with E-state index in [0.717, 1.165) is 21.8 Å². The fourth-order valence-electron chi connectivity index (χ4n) is 3.25. The number of halogens is 1. The molecule has 1 aliphatic heterocycles. The van der Waals surface area contributed by atoms with Crippen LogP contribution in [0.1, 0.15) is 23.7 Å². The lowest BCUT2D eigenvalue weighted by Gasteiger charge is -2.33. The second-order valence-electron chi connectivity index (χ2n) is 6.42. The van der Waals surface area contributed by atoms with Crippen molar-refractivity contribution in [2.75, 3.05) is 5.32 Å². The van der Waals surface area contributed by atoms with E-state index in [-0.39, 0.29) is 17.6 Å². The number of hydrogen-bond acceptors (Lipinski definition) is 4. The molecule has 0 aliphatic carbocycles. The van der Waals surface area contributed by atoms with Gasteiger partial charge < -0.3 is 10.2 Å². The van der Waals surface area contributed by atoms with Crippen LogP contribution in [-0.2, 0) is 13.0 Å². The molecule has 3 aromatic rings. The Labute approximate surface area is 159 Å². The van der Waals surface area contributed by atoms with E-state index in [2.05, 4.69) is 15.5 Å². The number of carbonyl (C=O) groups excluding carboxylic acids is 1. The molecule has 8 heteroatoms.